The van der Waals surface area contributed by atoms with Crippen LogP contribution in [0.15, 0.2) is 18.2 Å². The lowest BCUT2D eigenvalue weighted by molar-refractivity contribution is 0.320. The van der Waals surface area contributed by atoms with Gasteiger partial charge in [-0.25, -0.2) is 4.98 Å². The molecule has 2 aromatic rings. The minimum absolute atomic E-state index is 0.585. The molecule has 0 unspecified atom stereocenters. The molecule has 0 aliphatic carbocycles. The Morgan fingerprint density at radius 3 is 2.81 bits per heavy atom. The summed E-state index contributed by atoms with van der Waals surface area (Å²) in [6, 6.07) is 6.05. The van der Waals surface area contributed by atoms with E-state index in [0.717, 1.165) is 42.1 Å². The molecule has 4 heteroatoms. The van der Waals surface area contributed by atoms with Gasteiger partial charge < -0.3 is 15.0 Å². The van der Waals surface area contributed by atoms with Gasteiger partial charge in [0.15, 0.2) is 0 Å². The number of hydrogen-bond acceptors (Lipinski definition) is 3. The molecule has 116 valence electrons. The molecule has 0 atom stereocenters. The minimum Gasteiger partial charge on any atom is -0.491 e. The van der Waals surface area contributed by atoms with Gasteiger partial charge in [0.05, 0.1) is 12.1 Å². The first-order valence-electron chi connectivity index (χ1n) is 8.01. The van der Waals surface area contributed by atoms with Gasteiger partial charge in [0, 0.05) is 6.54 Å². The third kappa shape index (κ3) is 3.90. The topological polar surface area (TPSA) is 53.1 Å². The van der Waals surface area contributed by atoms with Crippen LogP contribution in [-0.2, 0) is 6.54 Å². The van der Waals surface area contributed by atoms with Crippen LogP contribution < -0.4 is 10.5 Å². The molecule has 0 aliphatic rings. The van der Waals surface area contributed by atoms with Crippen LogP contribution in [0.1, 0.15) is 46.5 Å². The maximum Gasteiger partial charge on any atom is 0.201 e. The highest BCUT2D eigenvalue weighted by atomic mass is 16.5. The van der Waals surface area contributed by atoms with Crippen molar-refractivity contribution in [3.8, 4) is 5.75 Å². The van der Waals surface area contributed by atoms with Gasteiger partial charge in [0.1, 0.15) is 11.3 Å². The molecule has 0 saturated carbocycles. The summed E-state index contributed by atoms with van der Waals surface area (Å²) in [5.74, 6) is 2.18. The molecule has 0 radical (unpaired) electrons. The summed E-state index contributed by atoms with van der Waals surface area (Å²) in [6.45, 7) is 8.25. The van der Waals surface area contributed by atoms with E-state index < -0.39 is 0 Å². The van der Waals surface area contributed by atoms with Crippen LogP contribution in [0, 0.1) is 5.92 Å². The number of nitrogen functional groups attached to an aromatic ring is 1. The molecular formula is C17H27N3O. The Labute approximate surface area is 127 Å². The lowest BCUT2D eigenvalue weighted by Crippen LogP contribution is -2.03. The summed E-state index contributed by atoms with van der Waals surface area (Å²) in [5, 5.41) is 0. The van der Waals surface area contributed by atoms with Gasteiger partial charge in [-0.3, -0.25) is 0 Å². The van der Waals surface area contributed by atoms with Gasteiger partial charge in [0.2, 0.25) is 5.95 Å². The van der Waals surface area contributed by atoms with Crippen molar-refractivity contribution in [1.29, 1.82) is 0 Å². The number of ether oxygens (including phenoxy) is 1. The van der Waals surface area contributed by atoms with Crippen molar-refractivity contribution in [2.75, 3.05) is 12.3 Å². The Hall–Kier alpha value is -1.71. The molecule has 1 heterocycles. The molecule has 2 N–H and O–H groups in total. The predicted molar refractivity (Wildman–Crippen MR) is 88.6 cm³/mol. The number of para-hydroxylation sites is 1. The number of aryl methyl sites for hydroxylation is 1. The van der Waals surface area contributed by atoms with Crippen molar-refractivity contribution >= 4 is 17.0 Å². The monoisotopic (exact) mass is 289 g/mol. The van der Waals surface area contributed by atoms with Crippen LogP contribution in [0.2, 0.25) is 0 Å². The lowest BCUT2D eigenvalue weighted by Gasteiger charge is -2.08. The zero-order valence-corrected chi connectivity index (χ0v) is 13.4. The third-order valence-corrected chi connectivity index (χ3v) is 3.65. The maximum atomic E-state index is 6.09. The van der Waals surface area contributed by atoms with Crippen molar-refractivity contribution < 1.29 is 4.74 Å². The fraction of sp³-hybridized carbons (Fsp3) is 0.588. The van der Waals surface area contributed by atoms with Crippen LogP contribution in [-0.4, -0.2) is 16.2 Å². The predicted octanol–water partition coefficient (Wildman–Crippen LogP) is 4.23. The Balaban J connectivity index is 2.14. The molecule has 0 saturated heterocycles. The normalized spacial score (nSPS) is 11.4. The second-order valence-electron chi connectivity index (χ2n) is 5.98. The minimum atomic E-state index is 0.585. The van der Waals surface area contributed by atoms with Crippen LogP contribution in [0.25, 0.3) is 11.0 Å². The van der Waals surface area contributed by atoms with Crippen molar-refractivity contribution in [1.82, 2.24) is 9.55 Å². The molecule has 1 aromatic carbocycles. The summed E-state index contributed by atoms with van der Waals surface area (Å²) < 4.78 is 7.87. The number of nitrogens with two attached hydrogens (primary N) is 1. The van der Waals surface area contributed by atoms with E-state index in [4.69, 9.17) is 10.5 Å². The number of benzene rings is 1. The van der Waals surface area contributed by atoms with Crippen molar-refractivity contribution in [2.24, 2.45) is 5.92 Å². The number of aromatic nitrogens is 2. The molecule has 4 nitrogen and oxygen atoms in total. The number of fused-ring (bicyclic) bond motifs is 1. The average Bonchev–Trinajstić information content (AvgIpc) is 2.77. The summed E-state index contributed by atoms with van der Waals surface area (Å²) in [6.07, 6.45) is 4.61. The largest absolute Gasteiger partial charge is 0.491 e. The molecule has 0 amide bonds. The first kappa shape index (κ1) is 15.7. The number of rotatable bonds is 8. The zero-order chi connectivity index (χ0) is 15.2. The van der Waals surface area contributed by atoms with E-state index in [1.165, 1.54) is 12.8 Å². The first-order chi connectivity index (χ1) is 10.1. The summed E-state index contributed by atoms with van der Waals surface area (Å²) in [4.78, 5) is 4.50. The van der Waals surface area contributed by atoms with Gasteiger partial charge >= 0.3 is 0 Å². The van der Waals surface area contributed by atoms with E-state index in [-0.39, 0.29) is 0 Å². The van der Waals surface area contributed by atoms with E-state index in [1.807, 2.05) is 12.1 Å². The van der Waals surface area contributed by atoms with Crippen LogP contribution in [0.3, 0.4) is 0 Å². The molecule has 21 heavy (non-hydrogen) atoms. The third-order valence-electron chi connectivity index (χ3n) is 3.65. The molecule has 1 aromatic heterocycles. The van der Waals surface area contributed by atoms with Gasteiger partial charge in [-0.1, -0.05) is 39.7 Å². The highest BCUT2D eigenvalue weighted by Gasteiger charge is 2.12. The Morgan fingerprint density at radius 2 is 2.10 bits per heavy atom. The van der Waals surface area contributed by atoms with Crippen LogP contribution in [0.4, 0.5) is 5.95 Å². The Bertz CT molecular complexity index is 575. The zero-order valence-electron chi connectivity index (χ0n) is 13.4. The van der Waals surface area contributed by atoms with Crippen LogP contribution in [0.5, 0.6) is 5.75 Å². The highest BCUT2D eigenvalue weighted by Crippen LogP contribution is 2.27. The number of unbranched alkanes of at least 4 members (excludes halogenated alkanes) is 1. The van der Waals surface area contributed by atoms with E-state index in [0.29, 0.717) is 12.6 Å². The van der Waals surface area contributed by atoms with E-state index >= 15 is 0 Å². The van der Waals surface area contributed by atoms with Crippen LogP contribution >= 0.6 is 0 Å². The lowest BCUT2D eigenvalue weighted by atomic mass is 10.1. The quantitative estimate of drug-likeness (QED) is 0.740. The van der Waals surface area contributed by atoms with Gasteiger partial charge in [-0.05, 0) is 30.9 Å². The Morgan fingerprint density at radius 1 is 1.29 bits per heavy atom. The van der Waals surface area contributed by atoms with Crippen molar-refractivity contribution in [3.05, 3.63) is 18.2 Å². The fourth-order valence-corrected chi connectivity index (χ4v) is 2.53. The van der Waals surface area contributed by atoms with E-state index in [1.54, 1.807) is 0 Å². The summed E-state index contributed by atoms with van der Waals surface area (Å²) in [7, 11) is 0. The number of hydrogen-bond donors (Lipinski definition) is 1. The summed E-state index contributed by atoms with van der Waals surface area (Å²) in [5.41, 5.74) is 8.05. The molecule has 0 aliphatic heterocycles. The van der Waals surface area contributed by atoms with E-state index in [2.05, 4.69) is 36.4 Å². The van der Waals surface area contributed by atoms with Gasteiger partial charge in [-0.2, -0.15) is 0 Å². The average molecular weight is 289 g/mol. The van der Waals surface area contributed by atoms with Gasteiger partial charge in [-0.15, -0.1) is 0 Å². The molecule has 2 rings (SSSR count). The second kappa shape index (κ2) is 7.34. The number of imidazole rings is 1. The van der Waals surface area contributed by atoms with Crippen molar-refractivity contribution in [2.45, 2.75) is 53.0 Å². The van der Waals surface area contributed by atoms with Gasteiger partial charge in [0.25, 0.3) is 0 Å². The van der Waals surface area contributed by atoms with E-state index in [9.17, 15) is 0 Å². The van der Waals surface area contributed by atoms with Crippen molar-refractivity contribution in [3.63, 3.8) is 0 Å². The fourth-order valence-electron chi connectivity index (χ4n) is 2.53. The standard InChI is InChI=1S/C17H27N3O/c1-4-12-21-15-10-7-9-14-16(15)19-17(18)20(14)11-6-5-8-13(2)3/h7,9-10,13H,4-6,8,11-12H2,1-3H3,(H2,18,19). The second-order valence-corrected chi connectivity index (χ2v) is 5.98. The summed E-state index contributed by atoms with van der Waals surface area (Å²) >= 11 is 0. The molecule has 0 spiro atoms. The first-order valence-corrected chi connectivity index (χ1v) is 8.01. The number of anilines is 1. The molecule has 0 bridgehead atoms. The molecule has 0 fully saturated rings. The SMILES string of the molecule is CCCOc1cccc2c1nc(N)n2CCCCC(C)C. The highest BCUT2D eigenvalue weighted by molar-refractivity contribution is 5.84. The Kier molecular flexibility index (Phi) is 5.48. The molecular weight excluding hydrogens is 262 g/mol. The number of nitrogens with zero attached hydrogens (tertiary/aromatic N) is 2. The maximum absolute atomic E-state index is 6.09. The smallest absolute Gasteiger partial charge is 0.201 e.